The van der Waals surface area contributed by atoms with Crippen LogP contribution < -0.4 is 0 Å². The van der Waals surface area contributed by atoms with Crippen molar-refractivity contribution in [2.24, 2.45) is 0 Å². The molecule has 0 aliphatic heterocycles. The van der Waals surface area contributed by atoms with E-state index >= 15 is 0 Å². The molecule has 1 aliphatic rings. The van der Waals surface area contributed by atoms with Gasteiger partial charge < -0.3 is 4.98 Å². The molecular weight excluding hydrogens is 458 g/mol. The van der Waals surface area contributed by atoms with Crippen molar-refractivity contribution >= 4 is 64.9 Å². The van der Waals surface area contributed by atoms with Gasteiger partial charge in [0, 0.05) is 27.2 Å². The Morgan fingerprint density at radius 2 is 1.11 bits per heavy atom. The van der Waals surface area contributed by atoms with E-state index in [2.05, 4.69) is 128 Å². The molecule has 0 spiro atoms. The number of hydrogen-bond donors (Lipinski definition) is 1. The second kappa shape index (κ2) is 6.82. The highest BCUT2D eigenvalue weighted by Gasteiger charge is 2.38. The van der Waals surface area contributed by atoms with Gasteiger partial charge in [-0.25, -0.2) is 0 Å². The fourth-order valence-corrected chi connectivity index (χ4v) is 7.38. The molecule has 0 bridgehead atoms. The third kappa shape index (κ3) is 2.42. The average Bonchev–Trinajstić information content (AvgIpc) is 3.43. The molecule has 9 rings (SSSR count). The summed E-state index contributed by atoms with van der Waals surface area (Å²) in [5.41, 5.74) is 7.89. The first kappa shape index (κ1) is 20.4. The fourth-order valence-electron chi connectivity index (χ4n) is 7.38. The number of rotatable bonds is 0. The zero-order chi connectivity index (χ0) is 25.2. The zero-order valence-electron chi connectivity index (χ0n) is 21.4. The van der Waals surface area contributed by atoms with Crippen molar-refractivity contribution < 1.29 is 0 Å². The van der Waals surface area contributed by atoms with Crippen LogP contribution in [-0.2, 0) is 5.41 Å². The first-order valence-electron chi connectivity index (χ1n) is 13.5. The van der Waals surface area contributed by atoms with E-state index in [1.54, 1.807) is 0 Å². The monoisotopic (exact) mass is 483 g/mol. The molecule has 0 saturated carbocycles. The van der Waals surface area contributed by atoms with Crippen molar-refractivity contribution in [2.45, 2.75) is 19.3 Å². The Balaban J connectivity index is 1.47. The molecule has 0 radical (unpaired) electrons. The van der Waals surface area contributed by atoms with E-state index in [9.17, 15) is 0 Å². The number of nitrogens with one attached hydrogen (secondary N) is 1. The lowest BCUT2D eigenvalue weighted by molar-refractivity contribution is 0.667. The van der Waals surface area contributed by atoms with Crippen LogP contribution in [0, 0.1) is 0 Å². The Morgan fingerprint density at radius 1 is 0.474 bits per heavy atom. The number of aromatic amines is 1. The number of benzene rings is 7. The minimum Gasteiger partial charge on any atom is -0.355 e. The maximum Gasteiger partial charge on any atom is 0.0468 e. The smallest absolute Gasteiger partial charge is 0.0468 e. The normalized spacial score (nSPS) is 14.3. The maximum atomic E-state index is 3.68. The van der Waals surface area contributed by atoms with Gasteiger partial charge in [-0.1, -0.05) is 92.7 Å². The summed E-state index contributed by atoms with van der Waals surface area (Å²) in [7, 11) is 0. The van der Waals surface area contributed by atoms with E-state index in [-0.39, 0.29) is 5.41 Å². The van der Waals surface area contributed by atoms with Crippen LogP contribution in [0.2, 0.25) is 0 Å². The maximum absolute atomic E-state index is 3.68. The average molecular weight is 484 g/mol. The molecule has 0 saturated heterocycles. The lowest BCUT2D eigenvalue weighted by Gasteiger charge is -2.25. The third-order valence-corrected chi connectivity index (χ3v) is 9.10. The van der Waals surface area contributed by atoms with Gasteiger partial charge in [-0.3, -0.25) is 0 Å². The van der Waals surface area contributed by atoms with Crippen LogP contribution in [0.5, 0.6) is 0 Å². The van der Waals surface area contributed by atoms with Crippen LogP contribution in [-0.4, -0.2) is 4.98 Å². The molecule has 0 atom stereocenters. The standard InChI is InChI=1S/C37H25N/c1-37(2)32-20-34-31(24-12-7-8-14-33(24)38-34)19-30(32)27-16-15-26-29-18-22-10-4-3-9-21(22)17-28(29)23-11-5-6-13-25(23)35(26)36(27)37/h3-20,38H,1-2H3. The van der Waals surface area contributed by atoms with Gasteiger partial charge >= 0.3 is 0 Å². The number of para-hydroxylation sites is 1. The van der Waals surface area contributed by atoms with Gasteiger partial charge in [-0.05, 0) is 95.7 Å². The summed E-state index contributed by atoms with van der Waals surface area (Å²) >= 11 is 0. The molecule has 1 N–H and O–H groups in total. The largest absolute Gasteiger partial charge is 0.355 e. The van der Waals surface area contributed by atoms with Crippen molar-refractivity contribution in [2.75, 3.05) is 0 Å². The van der Waals surface area contributed by atoms with Gasteiger partial charge in [0.2, 0.25) is 0 Å². The van der Waals surface area contributed by atoms with Crippen LogP contribution in [0.4, 0.5) is 0 Å². The van der Waals surface area contributed by atoms with E-state index < -0.39 is 0 Å². The summed E-state index contributed by atoms with van der Waals surface area (Å²) in [6, 6.07) is 40.8. The van der Waals surface area contributed by atoms with Crippen LogP contribution in [0.3, 0.4) is 0 Å². The highest BCUT2D eigenvalue weighted by molar-refractivity contribution is 6.29. The van der Waals surface area contributed by atoms with Gasteiger partial charge in [-0.15, -0.1) is 0 Å². The lowest BCUT2D eigenvalue weighted by Crippen LogP contribution is -2.15. The molecule has 1 heterocycles. The second-order valence-electron chi connectivity index (χ2n) is 11.4. The Morgan fingerprint density at radius 3 is 1.89 bits per heavy atom. The molecule has 1 aromatic heterocycles. The van der Waals surface area contributed by atoms with E-state index in [1.807, 2.05) is 0 Å². The number of fused-ring (bicyclic) bond motifs is 14. The van der Waals surface area contributed by atoms with Crippen LogP contribution in [0.1, 0.15) is 25.0 Å². The minimum absolute atomic E-state index is 0.122. The zero-order valence-corrected chi connectivity index (χ0v) is 21.4. The third-order valence-electron chi connectivity index (χ3n) is 9.10. The van der Waals surface area contributed by atoms with Crippen molar-refractivity contribution in [1.82, 2.24) is 4.98 Å². The SMILES string of the molecule is CC1(C)c2cc3[nH]c4ccccc4c3cc2-c2ccc3c4cc5ccccc5cc4c4ccccc4c3c21. The number of hydrogen-bond acceptors (Lipinski definition) is 0. The Kier molecular flexibility index (Phi) is 3.67. The van der Waals surface area contributed by atoms with Gasteiger partial charge in [0.1, 0.15) is 0 Å². The predicted molar refractivity (Wildman–Crippen MR) is 163 cm³/mol. The molecule has 178 valence electrons. The van der Waals surface area contributed by atoms with Gasteiger partial charge in [0.25, 0.3) is 0 Å². The molecule has 1 aliphatic carbocycles. The summed E-state index contributed by atoms with van der Waals surface area (Å²) < 4.78 is 0. The first-order valence-corrected chi connectivity index (χ1v) is 13.5. The summed E-state index contributed by atoms with van der Waals surface area (Å²) in [4.78, 5) is 3.68. The van der Waals surface area contributed by atoms with E-state index in [4.69, 9.17) is 0 Å². The first-order chi connectivity index (χ1) is 18.6. The van der Waals surface area contributed by atoms with Crippen molar-refractivity contribution in [3.8, 4) is 11.1 Å². The van der Waals surface area contributed by atoms with Crippen LogP contribution in [0.15, 0.2) is 109 Å². The molecule has 8 aromatic rings. The number of aromatic nitrogens is 1. The Labute approximate surface area is 220 Å². The summed E-state index contributed by atoms with van der Waals surface area (Å²) in [6.07, 6.45) is 0. The molecule has 7 aromatic carbocycles. The summed E-state index contributed by atoms with van der Waals surface area (Å²) in [6.45, 7) is 4.82. The molecule has 0 amide bonds. The second-order valence-corrected chi connectivity index (χ2v) is 11.4. The van der Waals surface area contributed by atoms with Crippen molar-refractivity contribution in [3.05, 3.63) is 120 Å². The summed E-state index contributed by atoms with van der Waals surface area (Å²) in [5, 5.41) is 13.3. The molecule has 0 unspecified atom stereocenters. The van der Waals surface area contributed by atoms with Gasteiger partial charge in [-0.2, -0.15) is 0 Å². The highest BCUT2D eigenvalue weighted by atomic mass is 14.7. The topological polar surface area (TPSA) is 15.8 Å². The van der Waals surface area contributed by atoms with Crippen molar-refractivity contribution in [3.63, 3.8) is 0 Å². The van der Waals surface area contributed by atoms with Gasteiger partial charge in [0.05, 0.1) is 0 Å². The van der Waals surface area contributed by atoms with E-state index in [0.717, 1.165) is 0 Å². The van der Waals surface area contributed by atoms with Crippen LogP contribution in [0.25, 0.3) is 76.0 Å². The molecule has 1 nitrogen and oxygen atoms in total. The van der Waals surface area contributed by atoms with Crippen LogP contribution >= 0.6 is 0 Å². The molecular formula is C37H25N. The predicted octanol–water partition coefficient (Wildman–Crippen LogP) is 10.2. The Bertz CT molecular complexity index is 2310. The number of H-pyrrole nitrogens is 1. The Hall–Kier alpha value is -4.62. The lowest BCUT2D eigenvalue weighted by atomic mass is 9.78. The molecule has 1 heteroatoms. The highest BCUT2D eigenvalue weighted by Crippen LogP contribution is 2.54. The fraction of sp³-hybridized carbons (Fsp3) is 0.0811. The van der Waals surface area contributed by atoms with E-state index in [0.29, 0.717) is 0 Å². The van der Waals surface area contributed by atoms with E-state index in [1.165, 1.54) is 87.1 Å². The molecule has 38 heavy (non-hydrogen) atoms. The van der Waals surface area contributed by atoms with Gasteiger partial charge in [0.15, 0.2) is 0 Å². The minimum atomic E-state index is -0.122. The van der Waals surface area contributed by atoms with Crippen molar-refractivity contribution in [1.29, 1.82) is 0 Å². The molecule has 0 fully saturated rings. The quantitative estimate of drug-likeness (QED) is 0.163. The summed E-state index contributed by atoms with van der Waals surface area (Å²) in [5.74, 6) is 0.